The summed E-state index contributed by atoms with van der Waals surface area (Å²) < 4.78 is 46.6. The van der Waals surface area contributed by atoms with Gasteiger partial charge >= 0.3 is 0 Å². The third-order valence-electron chi connectivity index (χ3n) is 8.39. The zero-order valence-electron chi connectivity index (χ0n) is 33.2. The molecule has 2 unspecified atom stereocenters. The van der Waals surface area contributed by atoms with Crippen LogP contribution in [0.3, 0.4) is 0 Å². The Morgan fingerprint density at radius 3 is 2.02 bits per heavy atom. The Hall–Kier alpha value is -1.79. The first-order chi connectivity index (χ1) is 24.0. The highest BCUT2D eigenvalue weighted by atomic mass is 16.7. The summed E-state index contributed by atoms with van der Waals surface area (Å²) in [6, 6.07) is 0. The van der Waals surface area contributed by atoms with Gasteiger partial charge in [0, 0.05) is 65.8 Å². The molecule has 0 saturated carbocycles. The van der Waals surface area contributed by atoms with Crippen molar-refractivity contribution in [3.05, 3.63) is 0 Å². The Morgan fingerprint density at radius 2 is 1.43 bits per heavy atom. The summed E-state index contributed by atoms with van der Waals surface area (Å²) in [6.45, 7) is 18.9. The summed E-state index contributed by atoms with van der Waals surface area (Å²) in [5.41, 5.74) is -1.06. The van der Waals surface area contributed by atoms with Crippen LogP contribution in [-0.4, -0.2) is 158 Å². The first-order valence-electron chi connectivity index (χ1n) is 18.1. The molecule has 51 heavy (non-hydrogen) atoms. The van der Waals surface area contributed by atoms with E-state index in [0.717, 1.165) is 12.8 Å². The van der Waals surface area contributed by atoms with Crippen molar-refractivity contribution in [2.24, 2.45) is 5.92 Å². The number of hydrogen-bond acceptors (Lipinski definition) is 13. The highest BCUT2D eigenvalue weighted by Crippen LogP contribution is 2.20. The number of methoxy groups -OCH3 is 1. The number of hydrogen-bond donors (Lipinski definition) is 1. The number of hydroxylamine groups is 2. The lowest BCUT2D eigenvalue weighted by Gasteiger charge is -2.31. The average Bonchev–Trinajstić information content (AvgIpc) is 3.32. The van der Waals surface area contributed by atoms with Gasteiger partial charge in [0.05, 0.1) is 70.2 Å². The molecule has 1 aliphatic heterocycles. The number of carbonyl (C=O) groups is 3. The topological polar surface area (TPSA) is 153 Å². The second-order valence-electron chi connectivity index (χ2n) is 14.7. The maximum absolute atomic E-state index is 12.2. The molecule has 0 aromatic carbocycles. The minimum atomic E-state index is -0.355. The molecule has 0 spiro atoms. The quantitative estimate of drug-likeness (QED) is 0.0467. The first-order valence-corrected chi connectivity index (χ1v) is 18.1. The van der Waals surface area contributed by atoms with Gasteiger partial charge in [0.1, 0.15) is 12.8 Å². The van der Waals surface area contributed by atoms with E-state index in [4.69, 9.17) is 42.7 Å². The zero-order valence-corrected chi connectivity index (χ0v) is 33.2. The van der Waals surface area contributed by atoms with Gasteiger partial charge < -0.3 is 48.0 Å². The van der Waals surface area contributed by atoms with Crippen LogP contribution in [0.5, 0.6) is 0 Å². The van der Waals surface area contributed by atoms with Crippen molar-refractivity contribution in [3.8, 4) is 0 Å². The number of amides is 3. The maximum atomic E-state index is 12.2. The van der Waals surface area contributed by atoms with E-state index < -0.39 is 0 Å². The van der Waals surface area contributed by atoms with Crippen LogP contribution in [0.4, 0.5) is 0 Å². The molecule has 1 heterocycles. The lowest BCUT2D eigenvalue weighted by atomic mass is 10.0. The molecule has 1 N–H and O–H groups in total. The second kappa shape index (κ2) is 25.3. The van der Waals surface area contributed by atoms with E-state index >= 15 is 0 Å². The first kappa shape index (κ1) is 47.2. The van der Waals surface area contributed by atoms with Crippen LogP contribution in [0, 0.1) is 5.92 Å². The summed E-state index contributed by atoms with van der Waals surface area (Å²) in [5, 5.41) is 4.42. The summed E-state index contributed by atoms with van der Waals surface area (Å²) in [7, 11) is 5.07. The normalized spacial score (nSPS) is 16.5. The van der Waals surface area contributed by atoms with E-state index in [-0.39, 0.29) is 65.9 Å². The highest BCUT2D eigenvalue weighted by molar-refractivity contribution is 6.03. The number of imide groups is 1. The van der Waals surface area contributed by atoms with Crippen molar-refractivity contribution in [1.82, 2.24) is 15.3 Å². The lowest BCUT2D eigenvalue weighted by Crippen LogP contribution is -2.36. The van der Waals surface area contributed by atoms with Gasteiger partial charge in [0.2, 0.25) is 17.7 Å². The van der Waals surface area contributed by atoms with Crippen molar-refractivity contribution in [2.75, 3.05) is 107 Å². The van der Waals surface area contributed by atoms with E-state index in [1.54, 1.807) is 33.3 Å². The number of rotatable bonds is 32. The Labute approximate surface area is 306 Å². The molecule has 0 aliphatic carbocycles. The van der Waals surface area contributed by atoms with Crippen LogP contribution < -0.4 is 5.32 Å². The van der Waals surface area contributed by atoms with E-state index in [1.165, 1.54) is 4.90 Å². The van der Waals surface area contributed by atoms with Crippen molar-refractivity contribution in [1.29, 1.82) is 0 Å². The predicted octanol–water partition coefficient (Wildman–Crippen LogP) is 2.98. The minimum Gasteiger partial charge on any atom is -0.379 e. The van der Waals surface area contributed by atoms with Gasteiger partial charge in [-0.25, -0.2) is 0 Å². The predicted molar refractivity (Wildman–Crippen MR) is 191 cm³/mol. The molecule has 2 atom stereocenters. The maximum Gasteiger partial charge on any atom is 0.232 e. The number of likely N-dealkylation sites (tertiary alicyclic amines) is 1. The van der Waals surface area contributed by atoms with Gasteiger partial charge in [-0.15, -0.1) is 0 Å². The number of nitrogens with one attached hydrogen (secondary N) is 1. The number of carbonyl (C=O) groups excluding carboxylic acids is 3. The average molecular weight is 736 g/mol. The van der Waals surface area contributed by atoms with Gasteiger partial charge in [-0.05, 0) is 60.8 Å². The third-order valence-corrected chi connectivity index (χ3v) is 8.39. The fraction of sp³-hybridized carbons (Fsp3) is 0.917. The van der Waals surface area contributed by atoms with Crippen LogP contribution in [0.1, 0.15) is 80.6 Å². The fourth-order valence-corrected chi connectivity index (χ4v) is 4.48. The molecule has 15 nitrogen and oxygen atoms in total. The summed E-state index contributed by atoms with van der Waals surface area (Å²) in [6.07, 6.45) is 2.01. The molecule has 0 radical (unpaired) electrons. The van der Waals surface area contributed by atoms with Gasteiger partial charge in [0.15, 0.2) is 0 Å². The van der Waals surface area contributed by atoms with Crippen molar-refractivity contribution >= 4 is 17.7 Å². The van der Waals surface area contributed by atoms with E-state index in [1.807, 2.05) is 41.5 Å². The zero-order chi connectivity index (χ0) is 38.3. The van der Waals surface area contributed by atoms with Crippen LogP contribution in [0.25, 0.3) is 0 Å². The van der Waals surface area contributed by atoms with Gasteiger partial charge in [-0.3, -0.25) is 19.3 Å². The molecular weight excluding hydrogens is 666 g/mol. The van der Waals surface area contributed by atoms with Crippen LogP contribution in [0.2, 0.25) is 0 Å². The van der Waals surface area contributed by atoms with E-state index in [2.05, 4.69) is 5.32 Å². The Balaban J connectivity index is 2.37. The van der Waals surface area contributed by atoms with E-state index in [0.29, 0.717) is 85.8 Å². The smallest absolute Gasteiger partial charge is 0.232 e. The SMILES string of the molecule is CON(C)COC(C)(C)CCOCCOCC(COCCCNC(=O)CCN1C(=O)CC(C)C1=O)OCCOCCC(C)(C)OCC(C)(C)OC. The number of ether oxygens (including phenoxy) is 8. The molecule has 0 aromatic heterocycles. The second-order valence-corrected chi connectivity index (χ2v) is 14.7. The Morgan fingerprint density at radius 1 is 0.843 bits per heavy atom. The summed E-state index contributed by atoms with van der Waals surface area (Å²) in [5.74, 6) is -0.960. The highest BCUT2D eigenvalue weighted by Gasteiger charge is 2.35. The van der Waals surface area contributed by atoms with Gasteiger partial charge in [-0.2, -0.15) is 5.06 Å². The summed E-state index contributed by atoms with van der Waals surface area (Å²) >= 11 is 0. The molecule has 0 aromatic rings. The van der Waals surface area contributed by atoms with Gasteiger partial charge in [0.25, 0.3) is 0 Å². The van der Waals surface area contributed by atoms with Crippen LogP contribution >= 0.6 is 0 Å². The monoisotopic (exact) mass is 735 g/mol. The van der Waals surface area contributed by atoms with Crippen LogP contribution in [0.15, 0.2) is 0 Å². The lowest BCUT2D eigenvalue weighted by molar-refractivity contribution is -0.201. The molecule has 1 saturated heterocycles. The van der Waals surface area contributed by atoms with Crippen molar-refractivity contribution < 1.29 is 57.1 Å². The third kappa shape index (κ3) is 22.8. The van der Waals surface area contributed by atoms with Crippen LogP contribution in [-0.2, 0) is 57.1 Å². The largest absolute Gasteiger partial charge is 0.379 e. The molecule has 0 bridgehead atoms. The Kier molecular flexibility index (Phi) is 23.4. The minimum absolute atomic E-state index is 0.0815. The van der Waals surface area contributed by atoms with E-state index in [9.17, 15) is 14.4 Å². The van der Waals surface area contributed by atoms with Gasteiger partial charge in [-0.1, -0.05) is 6.92 Å². The molecule has 3 amide bonds. The standard InChI is InChI=1S/C36H69N3O12/c1-29-24-32(41)39(33(29)42)16-12-31(40)37-15-11-17-47-25-30(26-48-21-20-45-19-14-35(4,5)51-28-38(8)44-10)49-23-22-46-18-13-34(2,3)50-27-36(6,7)43-9/h29-30H,11-28H2,1-10H3,(H,37,40). The molecule has 1 aliphatic rings. The fourth-order valence-electron chi connectivity index (χ4n) is 4.48. The molecule has 300 valence electrons. The molecular formula is C36H69N3O12. The number of nitrogens with zero attached hydrogens (tertiary/aromatic N) is 2. The molecule has 15 heteroatoms. The Bertz CT molecular complexity index is 981. The van der Waals surface area contributed by atoms with Crippen molar-refractivity contribution in [3.63, 3.8) is 0 Å². The van der Waals surface area contributed by atoms with Crippen molar-refractivity contribution in [2.45, 2.75) is 103 Å². The molecule has 1 rings (SSSR count). The molecule has 1 fully saturated rings. The summed E-state index contributed by atoms with van der Waals surface area (Å²) in [4.78, 5) is 42.4.